The summed E-state index contributed by atoms with van der Waals surface area (Å²) in [6.45, 7) is 2.22. The van der Waals surface area contributed by atoms with Crippen molar-refractivity contribution in [2.45, 2.75) is 6.92 Å². The van der Waals surface area contributed by atoms with Gasteiger partial charge in [-0.25, -0.2) is 4.98 Å². The topological polar surface area (TPSA) is 110 Å². The first-order valence-corrected chi connectivity index (χ1v) is 7.31. The normalized spacial score (nSPS) is 10.2. The van der Waals surface area contributed by atoms with Crippen LogP contribution in [0.25, 0.3) is 11.5 Å². The Kier molecular flexibility index (Phi) is 4.29. The van der Waals surface area contributed by atoms with Gasteiger partial charge in [-0.15, -0.1) is 0 Å². The second kappa shape index (κ2) is 6.71. The van der Waals surface area contributed by atoms with Gasteiger partial charge < -0.3 is 20.2 Å². The van der Waals surface area contributed by atoms with Gasteiger partial charge in [0.25, 0.3) is 0 Å². The Bertz CT molecular complexity index is 867. The number of nitriles is 1. The number of aromatic nitrogens is 2. The van der Waals surface area contributed by atoms with Gasteiger partial charge >= 0.3 is 0 Å². The molecule has 2 aromatic heterocycles. The second-order valence-electron chi connectivity index (χ2n) is 4.86. The van der Waals surface area contributed by atoms with E-state index in [0.717, 1.165) is 11.3 Å². The van der Waals surface area contributed by atoms with Crippen LogP contribution in [0.3, 0.4) is 0 Å². The molecule has 0 saturated carbocycles. The molecule has 0 spiro atoms. The standard InChI is InChI=1S/C17H15N5O2/c1-2-23-17-13(10-18)14(19)9-15(22-17)21-12-5-3-11(4-6-12)16-20-7-8-24-16/h3-9H,2H2,1H3,(H3,19,21,22). The number of benzene rings is 1. The predicted octanol–water partition coefficient (Wildman–Crippen LogP) is 3.33. The van der Waals surface area contributed by atoms with Gasteiger partial charge in [0, 0.05) is 17.3 Å². The molecule has 1 aromatic carbocycles. The number of nitrogens with one attached hydrogen (secondary N) is 1. The van der Waals surface area contributed by atoms with Gasteiger partial charge in [0.05, 0.1) is 18.5 Å². The number of ether oxygens (including phenoxy) is 1. The number of hydrogen-bond acceptors (Lipinski definition) is 7. The first-order chi connectivity index (χ1) is 11.7. The van der Waals surface area contributed by atoms with Crippen LogP contribution in [0.2, 0.25) is 0 Å². The van der Waals surface area contributed by atoms with Gasteiger partial charge in [-0.05, 0) is 31.2 Å². The highest BCUT2D eigenvalue weighted by Gasteiger charge is 2.12. The molecule has 24 heavy (non-hydrogen) atoms. The number of nitrogens with zero attached hydrogens (tertiary/aromatic N) is 3. The number of hydrogen-bond donors (Lipinski definition) is 2. The van der Waals surface area contributed by atoms with Gasteiger partial charge in [-0.1, -0.05) is 0 Å². The summed E-state index contributed by atoms with van der Waals surface area (Å²) >= 11 is 0. The van der Waals surface area contributed by atoms with E-state index in [1.807, 2.05) is 37.3 Å². The van der Waals surface area contributed by atoms with Gasteiger partial charge in [0.1, 0.15) is 23.7 Å². The van der Waals surface area contributed by atoms with Crippen molar-refractivity contribution in [3.8, 4) is 23.4 Å². The number of pyridine rings is 1. The van der Waals surface area contributed by atoms with Crippen molar-refractivity contribution in [3.63, 3.8) is 0 Å². The SMILES string of the molecule is CCOc1nc(Nc2ccc(-c3ncco3)cc2)cc(N)c1C#N. The fourth-order valence-corrected chi connectivity index (χ4v) is 2.17. The van der Waals surface area contributed by atoms with E-state index in [1.54, 1.807) is 12.3 Å². The number of nitrogen functional groups attached to an aromatic ring is 1. The van der Waals surface area contributed by atoms with E-state index in [1.165, 1.54) is 6.26 Å². The Hall–Kier alpha value is -3.53. The van der Waals surface area contributed by atoms with E-state index >= 15 is 0 Å². The van der Waals surface area contributed by atoms with Crippen molar-refractivity contribution in [1.29, 1.82) is 5.26 Å². The summed E-state index contributed by atoms with van der Waals surface area (Å²) < 4.78 is 10.6. The van der Waals surface area contributed by atoms with Crippen LogP contribution in [0.15, 0.2) is 47.2 Å². The minimum atomic E-state index is 0.221. The lowest BCUT2D eigenvalue weighted by Gasteiger charge is -2.11. The molecule has 0 radical (unpaired) electrons. The third-order valence-corrected chi connectivity index (χ3v) is 3.25. The highest BCUT2D eigenvalue weighted by atomic mass is 16.5. The highest BCUT2D eigenvalue weighted by Crippen LogP contribution is 2.27. The molecule has 0 amide bonds. The molecule has 0 aliphatic heterocycles. The third-order valence-electron chi connectivity index (χ3n) is 3.25. The maximum absolute atomic E-state index is 9.14. The number of rotatable bonds is 5. The molecule has 7 heteroatoms. The molecule has 3 rings (SSSR count). The summed E-state index contributed by atoms with van der Waals surface area (Å²) in [6.07, 6.45) is 3.13. The van der Waals surface area contributed by atoms with Crippen molar-refractivity contribution in [1.82, 2.24) is 9.97 Å². The molecule has 3 N–H and O–H groups in total. The van der Waals surface area contributed by atoms with Crippen molar-refractivity contribution in [2.24, 2.45) is 0 Å². The fourth-order valence-electron chi connectivity index (χ4n) is 2.17. The summed E-state index contributed by atoms with van der Waals surface area (Å²) in [5.41, 5.74) is 8.13. The van der Waals surface area contributed by atoms with Gasteiger partial charge in [-0.2, -0.15) is 10.2 Å². The summed E-state index contributed by atoms with van der Waals surface area (Å²) in [6, 6.07) is 11.1. The monoisotopic (exact) mass is 321 g/mol. The predicted molar refractivity (Wildman–Crippen MR) is 89.8 cm³/mol. The Labute approximate surface area is 138 Å². The summed E-state index contributed by atoms with van der Waals surface area (Å²) in [5, 5.41) is 12.3. The van der Waals surface area contributed by atoms with Crippen LogP contribution < -0.4 is 15.8 Å². The van der Waals surface area contributed by atoms with E-state index in [9.17, 15) is 0 Å². The largest absolute Gasteiger partial charge is 0.477 e. The maximum atomic E-state index is 9.14. The third kappa shape index (κ3) is 3.13. The summed E-state index contributed by atoms with van der Waals surface area (Å²) in [4.78, 5) is 8.39. The minimum Gasteiger partial charge on any atom is -0.477 e. The molecule has 0 aliphatic rings. The van der Waals surface area contributed by atoms with Gasteiger partial charge in [0.15, 0.2) is 0 Å². The van der Waals surface area contributed by atoms with Gasteiger partial charge in [-0.3, -0.25) is 0 Å². The zero-order valence-corrected chi connectivity index (χ0v) is 13.0. The van der Waals surface area contributed by atoms with Gasteiger partial charge in [0.2, 0.25) is 11.8 Å². The molecule has 0 fully saturated rings. The summed E-state index contributed by atoms with van der Waals surface area (Å²) in [5.74, 6) is 1.28. The lowest BCUT2D eigenvalue weighted by molar-refractivity contribution is 0.326. The molecular formula is C17H15N5O2. The lowest BCUT2D eigenvalue weighted by atomic mass is 10.2. The average Bonchev–Trinajstić information content (AvgIpc) is 3.10. The molecule has 120 valence electrons. The molecular weight excluding hydrogens is 306 g/mol. The van der Waals surface area contributed by atoms with Crippen molar-refractivity contribution < 1.29 is 9.15 Å². The quantitative estimate of drug-likeness (QED) is 0.741. The zero-order chi connectivity index (χ0) is 16.9. The summed E-state index contributed by atoms with van der Waals surface area (Å²) in [7, 11) is 0. The van der Waals surface area contributed by atoms with Crippen LogP contribution >= 0.6 is 0 Å². The number of anilines is 3. The molecule has 0 atom stereocenters. The smallest absolute Gasteiger partial charge is 0.235 e. The highest BCUT2D eigenvalue weighted by molar-refractivity contribution is 5.68. The number of nitrogens with two attached hydrogens (primary N) is 1. The van der Waals surface area contributed by atoms with Crippen LogP contribution in [0.5, 0.6) is 5.88 Å². The Morgan fingerprint density at radius 1 is 1.33 bits per heavy atom. The maximum Gasteiger partial charge on any atom is 0.235 e. The minimum absolute atomic E-state index is 0.221. The fraction of sp³-hybridized carbons (Fsp3) is 0.118. The van der Waals surface area contributed by atoms with Crippen LogP contribution in [-0.4, -0.2) is 16.6 Å². The molecule has 3 aromatic rings. The first-order valence-electron chi connectivity index (χ1n) is 7.31. The molecule has 0 aliphatic carbocycles. The van der Waals surface area contributed by atoms with Crippen molar-refractivity contribution >= 4 is 17.2 Å². The Morgan fingerprint density at radius 2 is 2.12 bits per heavy atom. The molecule has 0 unspecified atom stereocenters. The molecule has 7 nitrogen and oxygen atoms in total. The van der Waals surface area contributed by atoms with E-state index in [4.69, 9.17) is 20.1 Å². The van der Waals surface area contributed by atoms with Crippen LogP contribution in [0.1, 0.15) is 12.5 Å². The van der Waals surface area contributed by atoms with E-state index in [2.05, 4.69) is 15.3 Å². The van der Waals surface area contributed by atoms with E-state index in [0.29, 0.717) is 24.0 Å². The van der Waals surface area contributed by atoms with E-state index in [-0.39, 0.29) is 11.4 Å². The molecule has 2 heterocycles. The van der Waals surface area contributed by atoms with Crippen LogP contribution in [0, 0.1) is 11.3 Å². The Balaban J connectivity index is 1.84. The average molecular weight is 321 g/mol. The van der Waals surface area contributed by atoms with Crippen molar-refractivity contribution in [3.05, 3.63) is 48.4 Å². The second-order valence-corrected chi connectivity index (χ2v) is 4.86. The van der Waals surface area contributed by atoms with Crippen molar-refractivity contribution in [2.75, 3.05) is 17.7 Å². The van der Waals surface area contributed by atoms with Crippen LogP contribution in [-0.2, 0) is 0 Å². The molecule has 0 bridgehead atoms. The molecule has 0 saturated heterocycles. The number of oxazole rings is 1. The Morgan fingerprint density at radius 3 is 2.75 bits per heavy atom. The van der Waals surface area contributed by atoms with E-state index < -0.39 is 0 Å². The first kappa shape index (κ1) is 15.4. The lowest BCUT2D eigenvalue weighted by Crippen LogP contribution is -2.04. The zero-order valence-electron chi connectivity index (χ0n) is 13.0. The van der Waals surface area contributed by atoms with Crippen LogP contribution in [0.4, 0.5) is 17.2 Å².